The zero-order chi connectivity index (χ0) is 19.1. The van der Waals surface area contributed by atoms with Crippen molar-refractivity contribution in [1.82, 2.24) is 19.8 Å². The van der Waals surface area contributed by atoms with E-state index in [1.54, 1.807) is 18.3 Å². The van der Waals surface area contributed by atoms with Crippen LogP contribution in [0.5, 0.6) is 0 Å². The fraction of sp³-hybridized carbons (Fsp3) is 0.500. The fourth-order valence-electron chi connectivity index (χ4n) is 3.27. The van der Waals surface area contributed by atoms with Crippen LogP contribution < -0.4 is 5.32 Å². The van der Waals surface area contributed by atoms with Gasteiger partial charge in [-0.1, -0.05) is 12.1 Å². The van der Waals surface area contributed by atoms with Gasteiger partial charge >= 0.3 is 0 Å². The minimum atomic E-state index is -0.229. The fourth-order valence-corrected chi connectivity index (χ4v) is 3.27. The van der Waals surface area contributed by atoms with E-state index in [2.05, 4.69) is 33.6 Å². The summed E-state index contributed by atoms with van der Waals surface area (Å²) in [4.78, 5) is 11.1. The van der Waals surface area contributed by atoms with Gasteiger partial charge in [-0.05, 0) is 38.0 Å². The summed E-state index contributed by atoms with van der Waals surface area (Å²) in [5.41, 5.74) is 0.990. The molecular weight excluding hydrogens is 345 g/mol. The van der Waals surface area contributed by atoms with Gasteiger partial charge in [0, 0.05) is 38.6 Å². The van der Waals surface area contributed by atoms with Crippen molar-refractivity contribution in [1.29, 1.82) is 0 Å². The van der Waals surface area contributed by atoms with E-state index in [1.807, 2.05) is 12.5 Å². The molecule has 1 fully saturated rings. The largest absolute Gasteiger partial charge is 0.367 e. The molecule has 2 aromatic rings. The maximum absolute atomic E-state index is 13.2. The van der Waals surface area contributed by atoms with Gasteiger partial charge in [0.2, 0.25) is 0 Å². The van der Waals surface area contributed by atoms with Crippen molar-refractivity contribution >= 4 is 5.96 Å². The van der Waals surface area contributed by atoms with Gasteiger partial charge in [-0.3, -0.25) is 4.99 Å². The Morgan fingerprint density at radius 2 is 2.15 bits per heavy atom. The van der Waals surface area contributed by atoms with Crippen LogP contribution in [0.15, 0.2) is 48.0 Å². The molecule has 0 radical (unpaired) electrons. The van der Waals surface area contributed by atoms with E-state index in [1.165, 1.54) is 12.1 Å². The third kappa shape index (κ3) is 5.53. The summed E-state index contributed by atoms with van der Waals surface area (Å²) in [7, 11) is 0. The lowest BCUT2D eigenvalue weighted by atomic mass is 10.1. The lowest BCUT2D eigenvalue weighted by molar-refractivity contribution is -0.0605. The zero-order valence-electron chi connectivity index (χ0n) is 16.0. The van der Waals surface area contributed by atoms with Crippen molar-refractivity contribution in [2.75, 3.05) is 26.2 Å². The molecule has 27 heavy (non-hydrogen) atoms. The highest BCUT2D eigenvalue weighted by Gasteiger charge is 2.28. The van der Waals surface area contributed by atoms with Crippen LogP contribution in [-0.2, 0) is 11.3 Å². The number of nitrogens with one attached hydrogen (secondary N) is 1. The molecule has 1 aliphatic heterocycles. The van der Waals surface area contributed by atoms with Gasteiger partial charge in [-0.25, -0.2) is 9.37 Å². The molecular formula is C20H28FN5O. The smallest absolute Gasteiger partial charge is 0.194 e. The standard InChI is InChI=1S/C20H28FN5O/c1-3-23-20(24-9-4-11-25-12-10-22-15-25)26-13-16(2)27-19(14-26)17-5-7-18(21)8-6-17/h5-8,10,12,15-16,19H,3-4,9,11,13-14H2,1-2H3,(H,23,24). The van der Waals surface area contributed by atoms with E-state index in [4.69, 9.17) is 9.73 Å². The number of benzene rings is 1. The number of rotatable bonds is 6. The average molecular weight is 373 g/mol. The molecule has 1 aromatic carbocycles. The molecule has 2 heterocycles. The molecule has 2 unspecified atom stereocenters. The van der Waals surface area contributed by atoms with Gasteiger partial charge in [-0.15, -0.1) is 0 Å². The molecule has 0 aliphatic carbocycles. The second-order valence-electron chi connectivity index (χ2n) is 6.78. The van der Waals surface area contributed by atoms with Crippen LogP contribution in [0.4, 0.5) is 4.39 Å². The molecule has 3 rings (SSSR count). The first-order valence-electron chi connectivity index (χ1n) is 9.55. The Bertz CT molecular complexity index is 716. The van der Waals surface area contributed by atoms with E-state index < -0.39 is 0 Å². The molecule has 1 aliphatic rings. The highest BCUT2D eigenvalue weighted by molar-refractivity contribution is 5.80. The third-order valence-corrected chi connectivity index (χ3v) is 4.53. The predicted octanol–water partition coefficient (Wildman–Crippen LogP) is 2.84. The number of hydrogen-bond acceptors (Lipinski definition) is 3. The van der Waals surface area contributed by atoms with Gasteiger partial charge < -0.3 is 19.5 Å². The summed E-state index contributed by atoms with van der Waals surface area (Å²) in [5.74, 6) is 0.678. The average Bonchev–Trinajstić information content (AvgIpc) is 3.18. The van der Waals surface area contributed by atoms with Crippen LogP contribution in [0.1, 0.15) is 31.9 Å². The summed E-state index contributed by atoms with van der Waals surface area (Å²) >= 11 is 0. The number of aliphatic imine (C=N–C) groups is 1. The Morgan fingerprint density at radius 1 is 1.33 bits per heavy atom. The summed E-state index contributed by atoms with van der Waals surface area (Å²) < 4.78 is 21.4. The Morgan fingerprint density at radius 3 is 2.85 bits per heavy atom. The summed E-state index contributed by atoms with van der Waals surface area (Å²) in [6.45, 7) is 8.07. The number of hydrogen-bond donors (Lipinski definition) is 1. The second-order valence-corrected chi connectivity index (χ2v) is 6.78. The summed E-state index contributed by atoms with van der Waals surface area (Å²) in [6, 6.07) is 6.56. The minimum Gasteiger partial charge on any atom is -0.367 e. The molecule has 1 aromatic heterocycles. The van der Waals surface area contributed by atoms with Crippen LogP contribution in [0, 0.1) is 5.82 Å². The Hall–Kier alpha value is -2.41. The number of imidazole rings is 1. The molecule has 0 spiro atoms. The van der Waals surface area contributed by atoms with E-state index in [0.29, 0.717) is 6.54 Å². The lowest BCUT2D eigenvalue weighted by Crippen LogP contribution is -2.50. The van der Waals surface area contributed by atoms with E-state index in [0.717, 1.165) is 44.1 Å². The van der Waals surface area contributed by atoms with Gasteiger partial charge in [0.1, 0.15) is 11.9 Å². The number of morpholine rings is 1. The first-order valence-corrected chi connectivity index (χ1v) is 9.55. The van der Waals surface area contributed by atoms with Gasteiger partial charge in [0.15, 0.2) is 5.96 Å². The van der Waals surface area contributed by atoms with Crippen LogP contribution >= 0.6 is 0 Å². The quantitative estimate of drug-likeness (QED) is 0.481. The monoisotopic (exact) mass is 373 g/mol. The maximum Gasteiger partial charge on any atom is 0.194 e. The van der Waals surface area contributed by atoms with Crippen molar-refractivity contribution < 1.29 is 9.13 Å². The predicted molar refractivity (Wildman–Crippen MR) is 104 cm³/mol. The molecule has 146 valence electrons. The molecule has 1 saturated heterocycles. The van der Waals surface area contributed by atoms with Gasteiger partial charge in [-0.2, -0.15) is 0 Å². The molecule has 0 amide bonds. The third-order valence-electron chi connectivity index (χ3n) is 4.53. The van der Waals surface area contributed by atoms with E-state index >= 15 is 0 Å². The van der Waals surface area contributed by atoms with Crippen LogP contribution in [0.2, 0.25) is 0 Å². The first-order chi connectivity index (χ1) is 13.2. The molecule has 0 saturated carbocycles. The summed E-state index contributed by atoms with van der Waals surface area (Å²) in [5, 5.41) is 3.39. The first kappa shape index (κ1) is 19.4. The van der Waals surface area contributed by atoms with Gasteiger partial charge in [0.25, 0.3) is 0 Å². The molecule has 0 bridgehead atoms. The van der Waals surface area contributed by atoms with Crippen LogP contribution in [0.3, 0.4) is 0 Å². The number of guanidine groups is 1. The van der Waals surface area contributed by atoms with Crippen molar-refractivity contribution in [2.24, 2.45) is 4.99 Å². The topological polar surface area (TPSA) is 54.7 Å². The van der Waals surface area contributed by atoms with E-state index in [9.17, 15) is 4.39 Å². The number of halogens is 1. The molecule has 6 nitrogen and oxygen atoms in total. The van der Waals surface area contributed by atoms with Crippen molar-refractivity contribution in [3.8, 4) is 0 Å². The Labute approximate surface area is 160 Å². The number of aromatic nitrogens is 2. The Balaban J connectivity index is 1.63. The lowest BCUT2D eigenvalue weighted by Gasteiger charge is -2.38. The number of aryl methyl sites for hydroxylation is 1. The van der Waals surface area contributed by atoms with Crippen molar-refractivity contribution in [2.45, 2.75) is 39.0 Å². The van der Waals surface area contributed by atoms with Crippen molar-refractivity contribution in [3.05, 3.63) is 54.4 Å². The molecule has 7 heteroatoms. The number of nitrogens with zero attached hydrogens (tertiary/aromatic N) is 4. The SMILES string of the molecule is CCNC(=NCCCn1ccnc1)N1CC(C)OC(c2ccc(F)cc2)C1. The van der Waals surface area contributed by atoms with Gasteiger partial charge in [0.05, 0.1) is 19.0 Å². The van der Waals surface area contributed by atoms with Crippen LogP contribution in [-0.4, -0.2) is 52.7 Å². The maximum atomic E-state index is 13.2. The summed E-state index contributed by atoms with van der Waals surface area (Å²) in [6.07, 6.45) is 6.51. The minimum absolute atomic E-state index is 0.0728. The highest BCUT2D eigenvalue weighted by atomic mass is 19.1. The Kier molecular flexibility index (Phi) is 6.81. The second kappa shape index (κ2) is 9.50. The van der Waals surface area contributed by atoms with Crippen molar-refractivity contribution in [3.63, 3.8) is 0 Å². The molecule has 2 atom stereocenters. The normalized spacial score (nSPS) is 20.7. The van der Waals surface area contributed by atoms with Crippen LogP contribution in [0.25, 0.3) is 0 Å². The molecule has 1 N–H and O–H groups in total. The zero-order valence-corrected chi connectivity index (χ0v) is 16.0. The number of ether oxygens (including phenoxy) is 1. The highest BCUT2D eigenvalue weighted by Crippen LogP contribution is 2.25. The van der Waals surface area contributed by atoms with E-state index in [-0.39, 0.29) is 18.0 Å².